The second-order valence-corrected chi connectivity index (χ2v) is 8.10. The third kappa shape index (κ3) is 22.0. The van der Waals surface area contributed by atoms with Crippen LogP contribution in [0.2, 0.25) is 0 Å². The number of thioether (sulfide) groups is 1. The number of carbonyl (C=O) groups excluding carboxylic acids is 1. The normalized spacial score (nSPS) is 11.8. The van der Waals surface area contributed by atoms with Gasteiger partial charge in [0.1, 0.15) is 0 Å². The second kappa shape index (κ2) is 21.0. The van der Waals surface area contributed by atoms with Crippen molar-refractivity contribution >= 4 is 32.4 Å². The highest BCUT2D eigenvalue weighted by Crippen LogP contribution is 2.14. The second-order valence-electron chi connectivity index (χ2n) is 6.50. The van der Waals surface area contributed by atoms with Gasteiger partial charge in [-0.15, -0.1) is 11.8 Å². The van der Waals surface area contributed by atoms with E-state index in [1.165, 1.54) is 96.0 Å². The van der Waals surface area contributed by atoms with Crippen molar-refractivity contribution in [3.8, 4) is 0 Å². The van der Waals surface area contributed by atoms with Gasteiger partial charge >= 0.3 is 0 Å². The van der Waals surface area contributed by atoms with Crippen LogP contribution in [0.4, 0.5) is 0 Å². The molecular formula is C21H37BrOS. The van der Waals surface area contributed by atoms with Crippen LogP contribution in [0, 0.1) is 0 Å². The number of hydrogen-bond acceptors (Lipinski definition) is 2. The molecule has 1 nitrogen and oxygen atoms in total. The predicted octanol–water partition coefficient (Wildman–Crippen LogP) is 8.54. The maximum absolute atomic E-state index is 10.6. The van der Waals surface area contributed by atoms with Crippen molar-refractivity contribution in [2.75, 3.05) is 0 Å². The molecule has 0 N–H and O–H groups in total. The summed E-state index contributed by atoms with van der Waals surface area (Å²) in [7, 11) is 0. The summed E-state index contributed by atoms with van der Waals surface area (Å²) in [6, 6.07) is 0. The van der Waals surface area contributed by atoms with Gasteiger partial charge in [0.05, 0.1) is 0 Å². The first-order valence-electron chi connectivity index (χ1n) is 9.94. The van der Waals surface area contributed by atoms with Crippen molar-refractivity contribution in [2.45, 2.75) is 103 Å². The average Bonchev–Trinajstić information content (AvgIpc) is 2.56. The Bertz CT molecular complexity index is 326. The number of allylic oxidation sites excluding steroid dienone is 2. The van der Waals surface area contributed by atoms with Crippen LogP contribution in [0.5, 0.6) is 0 Å². The summed E-state index contributed by atoms with van der Waals surface area (Å²) in [6.45, 7) is 2.28. The maximum Gasteiger partial charge on any atom is 0.221 e. The Kier molecular flexibility index (Phi) is 21.0. The lowest BCUT2D eigenvalue weighted by atomic mass is 10.0. The molecule has 0 aromatic heterocycles. The number of rotatable bonds is 18. The van der Waals surface area contributed by atoms with E-state index in [-0.39, 0.29) is 4.69 Å². The molecule has 0 aromatic carbocycles. The molecule has 0 fully saturated rings. The Morgan fingerprint density at radius 1 is 0.750 bits per heavy atom. The van der Waals surface area contributed by atoms with Gasteiger partial charge in [-0.05, 0) is 45.7 Å². The molecule has 0 saturated heterocycles. The highest BCUT2D eigenvalue weighted by Gasteiger charge is 1.93. The summed E-state index contributed by atoms with van der Waals surface area (Å²) >= 11 is 4.42. The van der Waals surface area contributed by atoms with Crippen molar-refractivity contribution in [3.05, 3.63) is 23.0 Å². The van der Waals surface area contributed by atoms with E-state index < -0.39 is 0 Å². The zero-order valence-electron chi connectivity index (χ0n) is 15.6. The lowest BCUT2D eigenvalue weighted by Gasteiger charge is -2.02. The van der Waals surface area contributed by atoms with Gasteiger partial charge < -0.3 is 0 Å². The first-order valence-corrected chi connectivity index (χ1v) is 11.7. The molecule has 0 rings (SSSR count). The van der Waals surface area contributed by atoms with Crippen LogP contribution < -0.4 is 0 Å². The molecule has 0 saturated carbocycles. The van der Waals surface area contributed by atoms with E-state index in [0.717, 1.165) is 6.42 Å². The van der Waals surface area contributed by atoms with Crippen molar-refractivity contribution in [2.24, 2.45) is 0 Å². The Morgan fingerprint density at radius 2 is 1.21 bits per heavy atom. The van der Waals surface area contributed by atoms with Crippen molar-refractivity contribution in [3.63, 3.8) is 0 Å². The van der Waals surface area contributed by atoms with E-state index in [2.05, 4.69) is 34.3 Å². The van der Waals surface area contributed by atoms with Crippen LogP contribution in [0.3, 0.4) is 0 Å². The van der Waals surface area contributed by atoms with Crippen LogP contribution in [0.1, 0.15) is 103 Å². The predicted molar refractivity (Wildman–Crippen MR) is 115 cm³/mol. The molecule has 0 amide bonds. The summed E-state index contributed by atoms with van der Waals surface area (Å²) in [6.07, 6.45) is 24.6. The molecule has 140 valence electrons. The van der Waals surface area contributed by atoms with Crippen LogP contribution in [0.25, 0.3) is 0 Å². The lowest BCUT2D eigenvalue weighted by Crippen LogP contribution is -1.83. The van der Waals surface area contributed by atoms with Crippen LogP contribution in [-0.2, 0) is 4.79 Å². The third-order valence-corrected chi connectivity index (χ3v) is 5.08. The molecule has 0 aromatic rings. The zero-order chi connectivity index (χ0) is 17.7. The quantitative estimate of drug-likeness (QED) is 0.126. The van der Waals surface area contributed by atoms with Gasteiger partial charge in [-0.25, -0.2) is 0 Å². The topological polar surface area (TPSA) is 17.1 Å². The van der Waals surface area contributed by atoms with Gasteiger partial charge in [0, 0.05) is 0 Å². The SMILES string of the molecule is CCCCCCCCCCCCCCCCC=CSC=CC(=O)Br. The largest absolute Gasteiger partial charge is 0.282 e. The minimum Gasteiger partial charge on any atom is -0.282 e. The summed E-state index contributed by atoms with van der Waals surface area (Å²) in [5, 5.41) is 3.87. The fraction of sp³-hybridized carbons (Fsp3) is 0.762. The Morgan fingerprint density at radius 3 is 1.67 bits per heavy atom. The van der Waals surface area contributed by atoms with Gasteiger partial charge in [0.15, 0.2) is 0 Å². The van der Waals surface area contributed by atoms with E-state index in [1.807, 2.05) is 0 Å². The fourth-order valence-electron chi connectivity index (χ4n) is 2.72. The molecule has 24 heavy (non-hydrogen) atoms. The summed E-state index contributed by atoms with van der Waals surface area (Å²) in [5.41, 5.74) is 0. The molecule has 0 aliphatic heterocycles. The molecular weight excluding hydrogens is 380 g/mol. The fourth-order valence-corrected chi connectivity index (χ4v) is 3.57. The minimum absolute atomic E-state index is 0.0737. The number of carbonyl (C=O) groups is 1. The van der Waals surface area contributed by atoms with Crippen molar-refractivity contribution in [1.29, 1.82) is 0 Å². The molecule has 0 atom stereocenters. The lowest BCUT2D eigenvalue weighted by molar-refractivity contribution is -0.106. The van der Waals surface area contributed by atoms with E-state index >= 15 is 0 Å². The van der Waals surface area contributed by atoms with E-state index in [1.54, 1.807) is 17.2 Å². The number of unbranched alkanes of at least 4 members (excludes halogenated alkanes) is 14. The Balaban J connectivity index is 3.10. The van der Waals surface area contributed by atoms with Gasteiger partial charge in [0.25, 0.3) is 0 Å². The van der Waals surface area contributed by atoms with Crippen LogP contribution in [0.15, 0.2) is 23.0 Å². The van der Waals surface area contributed by atoms with Gasteiger partial charge in [-0.3, -0.25) is 4.79 Å². The average molecular weight is 417 g/mol. The summed E-state index contributed by atoms with van der Waals surface area (Å²) in [5.74, 6) is 0. The van der Waals surface area contributed by atoms with Gasteiger partial charge in [-0.1, -0.05) is 96.5 Å². The first kappa shape index (κ1) is 24.0. The van der Waals surface area contributed by atoms with E-state index in [4.69, 9.17) is 0 Å². The highest BCUT2D eigenvalue weighted by molar-refractivity contribution is 9.18. The van der Waals surface area contributed by atoms with E-state index in [0.29, 0.717) is 0 Å². The van der Waals surface area contributed by atoms with Crippen molar-refractivity contribution in [1.82, 2.24) is 0 Å². The third-order valence-electron chi connectivity index (χ3n) is 4.18. The van der Waals surface area contributed by atoms with Crippen molar-refractivity contribution < 1.29 is 4.79 Å². The van der Waals surface area contributed by atoms with Crippen LogP contribution >= 0.6 is 27.7 Å². The molecule has 0 spiro atoms. The molecule has 0 bridgehead atoms. The summed E-state index contributed by atoms with van der Waals surface area (Å²) in [4.78, 5) is 10.6. The molecule has 0 radical (unpaired) electrons. The molecule has 0 aliphatic carbocycles. The molecule has 0 unspecified atom stereocenters. The first-order chi connectivity index (χ1) is 11.8. The number of halogens is 1. The maximum atomic E-state index is 10.6. The highest BCUT2D eigenvalue weighted by atomic mass is 79.9. The monoisotopic (exact) mass is 416 g/mol. The van der Waals surface area contributed by atoms with E-state index in [9.17, 15) is 4.79 Å². The Hall–Kier alpha value is -0.0200. The smallest absolute Gasteiger partial charge is 0.221 e. The molecule has 0 heterocycles. The minimum atomic E-state index is -0.0737. The zero-order valence-corrected chi connectivity index (χ0v) is 18.0. The molecule has 3 heteroatoms. The standard InChI is InChI=1S/C21H37BrOS/c1-2-3-4-5-6-7-8-9-10-11-12-13-14-15-16-17-19-24-20-18-21(22)23/h17-20H,2-16H2,1H3. The summed E-state index contributed by atoms with van der Waals surface area (Å²) < 4.78 is -0.0737. The van der Waals surface area contributed by atoms with Gasteiger partial charge in [-0.2, -0.15) is 0 Å². The van der Waals surface area contributed by atoms with Crippen LogP contribution in [-0.4, -0.2) is 4.69 Å². The van der Waals surface area contributed by atoms with Gasteiger partial charge in [0.2, 0.25) is 4.69 Å². The Labute approximate surface area is 163 Å². The molecule has 0 aliphatic rings. The number of hydrogen-bond donors (Lipinski definition) is 0.